The maximum atomic E-state index is 11.2. The number of hydrogen-bond donors (Lipinski definition) is 3. The molecule has 0 aliphatic carbocycles. The second-order valence-corrected chi connectivity index (χ2v) is 4.32. The highest BCUT2D eigenvalue weighted by Crippen LogP contribution is 2.31. The van der Waals surface area contributed by atoms with Crippen LogP contribution in [0.15, 0.2) is 36.4 Å². The standard InChI is InChI=1S/C15H10N2O5/c16-7-13(19)8-1-2-14(12(17)5-8)22-11-4-9(15(20)21)3-10(18)6-11/h1-6,18H,17H2,(H,20,21). The van der Waals surface area contributed by atoms with Crippen molar-refractivity contribution in [3.05, 3.63) is 47.5 Å². The summed E-state index contributed by atoms with van der Waals surface area (Å²) in [4.78, 5) is 22.2. The molecule has 0 aliphatic rings. The lowest BCUT2D eigenvalue weighted by Gasteiger charge is -2.10. The van der Waals surface area contributed by atoms with Crippen LogP contribution in [0.4, 0.5) is 5.69 Å². The number of ether oxygens (including phenoxy) is 1. The third-order valence-electron chi connectivity index (χ3n) is 2.74. The number of nitrogens with zero attached hydrogens (tertiary/aromatic N) is 1. The summed E-state index contributed by atoms with van der Waals surface area (Å²) in [6.45, 7) is 0. The van der Waals surface area contributed by atoms with Crippen molar-refractivity contribution in [3.8, 4) is 23.3 Å². The van der Waals surface area contributed by atoms with Crippen LogP contribution in [-0.4, -0.2) is 22.0 Å². The van der Waals surface area contributed by atoms with Crippen molar-refractivity contribution >= 4 is 17.4 Å². The first-order chi connectivity index (χ1) is 10.4. The average Bonchev–Trinajstić information content (AvgIpc) is 2.47. The number of carbonyl (C=O) groups excluding carboxylic acids is 1. The van der Waals surface area contributed by atoms with Crippen molar-refractivity contribution < 1.29 is 24.5 Å². The number of nitrogen functional groups attached to an aromatic ring is 1. The van der Waals surface area contributed by atoms with Gasteiger partial charge in [-0.1, -0.05) is 0 Å². The van der Waals surface area contributed by atoms with Gasteiger partial charge in [0, 0.05) is 11.6 Å². The number of anilines is 1. The van der Waals surface area contributed by atoms with Gasteiger partial charge in [0.25, 0.3) is 5.78 Å². The Morgan fingerprint density at radius 3 is 2.45 bits per heavy atom. The summed E-state index contributed by atoms with van der Waals surface area (Å²) in [5, 5.41) is 26.9. The molecule has 2 aromatic rings. The number of Topliss-reactive ketones (excluding diaryl/α,β-unsaturated/α-hetero) is 1. The molecule has 7 heteroatoms. The summed E-state index contributed by atoms with van der Waals surface area (Å²) in [6.07, 6.45) is 0. The van der Waals surface area contributed by atoms with E-state index in [4.69, 9.17) is 20.8 Å². The van der Waals surface area contributed by atoms with Gasteiger partial charge >= 0.3 is 5.97 Å². The molecule has 0 heterocycles. The quantitative estimate of drug-likeness (QED) is 0.447. The molecule has 2 rings (SSSR count). The normalized spacial score (nSPS) is 9.77. The molecule has 0 saturated carbocycles. The molecular weight excluding hydrogens is 288 g/mol. The molecule has 0 atom stereocenters. The number of aromatic hydroxyl groups is 1. The van der Waals surface area contributed by atoms with E-state index in [0.717, 1.165) is 6.07 Å². The molecule has 0 aromatic heterocycles. The zero-order valence-electron chi connectivity index (χ0n) is 11.1. The fraction of sp³-hybridized carbons (Fsp3) is 0. The molecule has 0 amide bonds. The predicted molar refractivity (Wildman–Crippen MR) is 75.9 cm³/mol. The van der Waals surface area contributed by atoms with Gasteiger partial charge in [-0.2, -0.15) is 5.26 Å². The number of rotatable bonds is 4. The molecule has 0 bridgehead atoms. The minimum absolute atomic E-state index is 0.0726. The molecule has 2 aromatic carbocycles. The van der Waals surface area contributed by atoms with Gasteiger partial charge in [-0.3, -0.25) is 4.79 Å². The summed E-state index contributed by atoms with van der Waals surface area (Å²) in [5.74, 6) is -1.99. The topological polar surface area (TPSA) is 134 Å². The van der Waals surface area contributed by atoms with Gasteiger partial charge < -0.3 is 20.7 Å². The zero-order valence-corrected chi connectivity index (χ0v) is 11.1. The maximum absolute atomic E-state index is 11.2. The average molecular weight is 298 g/mol. The number of hydrogen-bond acceptors (Lipinski definition) is 6. The number of phenolic OH excluding ortho intramolecular Hbond substituents is 1. The van der Waals surface area contributed by atoms with Crippen LogP contribution in [0.25, 0.3) is 0 Å². The largest absolute Gasteiger partial charge is 0.508 e. The molecule has 0 saturated heterocycles. The maximum Gasteiger partial charge on any atom is 0.335 e. The summed E-state index contributed by atoms with van der Waals surface area (Å²) in [7, 11) is 0. The van der Waals surface area contributed by atoms with Gasteiger partial charge in [-0.25, -0.2) is 4.79 Å². The molecule has 22 heavy (non-hydrogen) atoms. The summed E-state index contributed by atoms with van der Waals surface area (Å²) < 4.78 is 5.41. The molecule has 0 fully saturated rings. The van der Waals surface area contributed by atoms with Crippen LogP contribution in [0.2, 0.25) is 0 Å². The highest BCUT2D eigenvalue weighted by atomic mass is 16.5. The van der Waals surface area contributed by atoms with Crippen LogP contribution in [0.1, 0.15) is 20.7 Å². The number of carboxylic acid groups (broad SMARTS) is 1. The van der Waals surface area contributed by atoms with Crippen LogP contribution >= 0.6 is 0 Å². The Morgan fingerprint density at radius 1 is 1.14 bits per heavy atom. The van der Waals surface area contributed by atoms with Crippen LogP contribution in [0, 0.1) is 11.3 Å². The van der Waals surface area contributed by atoms with Gasteiger partial charge in [0.2, 0.25) is 0 Å². The second-order valence-electron chi connectivity index (χ2n) is 4.32. The SMILES string of the molecule is N#CC(=O)c1ccc(Oc2cc(O)cc(C(=O)O)c2)c(N)c1. The highest BCUT2D eigenvalue weighted by Gasteiger charge is 2.11. The molecule has 0 spiro atoms. The van der Waals surface area contributed by atoms with E-state index >= 15 is 0 Å². The smallest absolute Gasteiger partial charge is 0.335 e. The van der Waals surface area contributed by atoms with Crippen molar-refractivity contribution in [1.82, 2.24) is 0 Å². The number of ketones is 1. The van der Waals surface area contributed by atoms with E-state index in [-0.39, 0.29) is 34.1 Å². The zero-order chi connectivity index (χ0) is 16.3. The molecular formula is C15H10N2O5. The van der Waals surface area contributed by atoms with E-state index in [9.17, 15) is 14.7 Å². The summed E-state index contributed by atoms with van der Waals surface area (Å²) in [6, 6.07) is 9.01. The molecule has 7 nitrogen and oxygen atoms in total. The van der Waals surface area contributed by atoms with Gasteiger partial charge in [0.05, 0.1) is 11.3 Å². The minimum atomic E-state index is -1.22. The lowest BCUT2D eigenvalue weighted by molar-refractivity contribution is 0.0696. The number of aromatic carboxylic acids is 1. The minimum Gasteiger partial charge on any atom is -0.508 e. The van der Waals surface area contributed by atoms with Crippen LogP contribution in [0.3, 0.4) is 0 Å². The van der Waals surface area contributed by atoms with Crippen LogP contribution < -0.4 is 10.5 Å². The first-order valence-electron chi connectivity index (χ1n) is 6.00. The van der Waals surface area contributed by atoms with E-state index in [1.54, 1.807) is 0 Å². The Hall–Kier alpha value is -3.53. The molecule has 0 unspecified atom stereocenters. The van der Waals surface area contributed by atoms with Crippen molar-refractivity contribution in [3.63, 3.8) is 0 Å². The van der Waals surface area contributed by atoms with Gasteiger partial charge in [0.1, 0.15) is 23.3 Å². The third kappa shape index (κ3) is 3.13. The van der Waals surface area contributed by atoms with E-state index in [1.807, 2.05) is 0 Å². The van der Waals surface area contributed by atoms with Crippen LogP contribution in [-0.2, 0) is 0 Å². The van der Waals surface area contributed by atoms with Gasteiger partial charge in [-0.05, 0) is 30.3 Å². The van der Waals surface area contributed by atoms with E-state index in [1.165, 1.54) is 36.4 Å². The monoisotopic (exact) mass is 298 g/mol. The third-order valence-corrected chi connectivity index (χ3v) is 2.74. The van der Waals surface area contributed by atoms with Crippen LogP contribution in [0.5, 0.6) is 17.2 Å². The Balaban J connectivity index is 2.34. The molecule has 110 valence electrons. The number of carbonyl (C=O) groups is 2. The van der Waals surface area contributed by atoms with Crippen molar-refractivity contribution in [2.75, 3.05) is 5.73 Å². The fourth-order valence-corrected chi connectivity index (χ4v) is 1.74. The number of carboxylic acids is 1. The first-order valence-corrected chi connectivity index (χ1v) is 6.00. The second kappa shape index (κ2) is 5.85. The number of nitrogens with two attached hydrogens (primary N) is 1. The molecule has 0 radical (unpaired) electrons. The predicted octanol–water partition coefficient (Wildman–Crippen LogP) is 2.17. The number of phenols is 1. The highest BCUT2D eigenvalue weighted by molar-refractivity contribution is 6.08. The Labute approximate surface area is 124 Å². The van der Waals surface area contributed by atoms with Gasteiger partial charge in [0.15, 0.2) is 0 Å². The Morgan fingerprint density at radius 2 is 1.86 bits per heavy atom. The molecule has 0 aliphatic heterocycles. The van der Waals surface area contributed by atoms with Crippen molar-refractivity contribution in [2.24, 2.45) is 0 Å². The van der Waals surface area contributed by atoms with Gasteiger partial charge in [-0.15, -0.1) is 0 Å². The lowest BCUT2D eigenvalue weighted by Crippen LogP contribution is -2.00. The van der Waals surface area contributed by atoms with E-state index in [0.29, 0.717) is 0 Å². The van der Waals surface area contributed by atoms with Crippen molar-refractivity contribution in [2.45, 2.75) is 0 Å². The first kappa shape index (κ1) is 14.9. The Kier molecular flexibility index (Phi) is 3.95. The van der Waals surface area contributed by atoms with E-state index in [2.05, 4.69) is 0 Å². The van der Waals surface area contributed by atoms with E-state index < -0.39 is 11.8 Å². The lowest BCUT2D eigenvalue weighted by atomic mass is 10.1. The summed E-state index contributed by atoms with van der Waals surface area (Å²) >= 11 is 0. The van der Waals surface area contributed by atoms with Crippen molar-refractivity contribution in [1.29, 1.82) is 5.26 Å². The summed E-state index contributed by atoms with van der Waals surface area (Å²) in [5.41, 5.74) is 5.80. The number of nitriles is 1. The number of benzene rings is 2. The fourth-order valence-electron chi connectivity index (χ4n) is 1.74. The Bertz CT molecular complexity index is 808. The molecule has 4 N–H and O–H groups in total.